The predicted molar refractivity (Wildman–Crippen MR) is 224 cm³/mol. The van der Waals surface area contributed by atoms with Gasteiger partial charge < -0.3 is 20.4 Å². The summed E-state index contributed by atoms with van der Waals surface area (Å²) < 4.78 is 10.9. The van der Waals surface area contributed by atoms with E-state index in [1.807, 2.05) is 69.4 Å². The molecule has 18 nitrogen and oxygen atoms in total. The van der Waals surface area contributed by atoms with Crippen molar-refractivity contribution < 1.29 is 20.4 Å². The van der Waals surface area contributed by atoms with Gasteiger partial charge in [-0.05, 0) is 57.6 Å². The van der Waals surface area contributed by atoms with Gasteiger partial charge in [0, 0.05) is 47.0 Å². The number of aliphatic hydroxyl groups excluding tert-OH is 4. The largest absolute Gasteiger partial charge is 0.394 e. The lowest BCUT2D eigenvalue weighted by molar-refractivity contribution is 0.0425. The average Bonchev–Trinajstić information content (AvgIpc) is 4.13. The molecule has 0 amide bonds. The minimum absolute atomic E-state index is 0.0679. The van der Waals surface area contributed by atoms with Crippen molar-refractivity contribution in [2.45, 2.75) is 103 Å². The van der Waals surface area contributed by atoms with Crippen LogP contribution in [0.15, 0.2) is 86.5 Å². The number of hydrogen-bond acceptors (Lipinski definition) is 12. The fraction of sp³-hybridized carbons (Fsp3) is 0.429. The minimum Gasteiger partial charge on any atom is -0.394 e. The van der Waals surface area contributed by atoms with Crippen LogP contribution in [0.4, 0.5) is 0 Å². The molecular formula is C42H52N14O4. The standard InChI is InChI=1S/C42H52N14O4/c1-5-32(6-2)52-21-30(17-46-52)41-37-11-13-44-56(37)24-35(50-41)29-16-48-54(20-29)36(40(60)26-58)10-8-9-33(7-3)53-22-31(18-47-53)42-38-12-14-43-55(38)23-34(49-42)28-15-45-51(19-28)27(4)39(59)25-57/h11-24,27,32-33,36,39-40,57-60H,5-10,25-26H2,1-4H3/t27-,33?,36+,39-,40+/m0/s1. The van der Waals surface area contributed by atoms with Crippen LogP contribution in [0.25, 0.3) is 56.1 Å². The van der Waals surface area contributed by atoms with E-state index < -0.39 is 30.9 Å². The lowest BCUT2D eigenvalue weighted by atomic mass is 10.0. The highest BCUT2D eigenvalue weighted by atomic mass is 16.3. The Morgan fingerprint density at radius 3 is 1.53 bits per heavy atom. The zero-order valence-corrected chi connectivity index (χ0v) is 34.3. The third-order valence-electron chi connectivity index (χ3n) is 11.7. The number of hydrogen-bond donors (Lipinski definition) is 4. The van der Waals surface area contributed by atoms with Crippen LogP contribution in [0.5, 0.6) is 0 Å². The third kappa shape index (κ3) is 7.98. The van der Waals surface area contributed by atoms with Crippen molar-refractivity contribution in [3.8, 4) is 45.0 Å². The van der Waals surface area contributed by atoms with E-state index >= 15 is 0 Å². The van der Waals surface area contributed by atoms with Crippen molar-refractivity contribution >= 4 is 11.0 Å². The van der Waals surface area contributed by atoms with Gasteiger partial charge in [-0.2, -0.15) is 30.6 Å². The van der Waals surface area contributed by atoms with E-state index in [4.69, 9.17) is 15.1 Å². The first kappa shape index (κ1) is 40.7. The van der Waals surface area contributed by atoms with Gasteiger partial charge in [-0.15, -0.1) is 0 Å². The molecule has 0 saturated carbocycles. The lowest BCUT2D eigenvalue weighted by Crippen LogP contribution is -2.28. The van der Waals surface area contributed by atoms with Crippen LogP contribution in [0.2, 0.25) is 0 Å². The maximum atomic E-state index is 11.0. The summed E-state index contributed by atoms with van der Waals surface area (Å²) >= 11 is 0. The van der Waals surface area contributed by atoms with E-state index in [1.165, 1.54) is 0 Å². The molecule has 314 valence electrons. The molecule has 0 aliphatic rings. The molecule has 0 bridgehead atoms. The van der Waals surface area contributed by atoms with Gasteiger partial charge in [-0.3, -0.25) is 18.7 Å². The second-order valence-electron chi connectivity index (χ2n) is 15.4. The van der Waals surface area contributed by atoms with E-state index in [-0.39, 0.29) is 12.6 Å². The molecule has 5 atom stereocenters. The maximum Gasteiger partial charge on any atom is 0.0999 e. The minimum atomic E-state index is -1.02. The molecule has 0 aliphatic heterocycles. The summed E-state index contributed by atoms with van der Waals surface area (Å²) in [5.41, 5.74) is 7.75. The molecule has 18 heteroatoms. The molecule has 60 heavy (non-hydrogen) atoms. The highest BCUT2D eigenvalue weighted by Gasteiger charge is 2.24. The van der Waals surface area contributed by atoms with Crippen LogP contribution < -0.4 is 0 Å². The molecule has 0 fully saturated rings. The van der Waals surface area contributed by atoms with E-state index in [0.717, 1.165) is 71.1 Å². The predicted octanol–water partition coefficient (Wildman–Crippen LogP) is 5.22. The van der Waals surface area contributed by atoms with Crippen LogP contribution >= 0.6 is 0 Å². The van der Waals surface area contributed by atoms with Crippen molar-refractivity contribution in [3.63, 3.8) is 0 Å². The summed E-state index contributed by atoms with van der Waals surface area (Å²) in [5.74, 6) is 0. The summed E-state index contributed by atoms with van der Waals surface area (Å²) in [4.78, 5) is 10.1. The monoisotopic (exact) mass is 816 g/mol. The summed E-state index contributed by atoms with van der Waals surface area (Å²) in [5, 5.41) is 68.2. The molecule has 0 aliphatic carbocycles. The quantitative estimate of drug-likeness (QED) is 0.0828. The highest BCUT2D eigenvalue weighted by molar-refractivity contribution is 5.79. The van der Waals surface area contributed by atoms with Crippen LogP contribution in [-0.4, -0.2) is 114 Å². The van der Waals surface area contributed by atoms with Crippen LogP contribution in [0.3, 0.4) is 0 Å². The lowest BCUT2D eigenvalue weighted by Gasteiger charge is -2.23. The third-order valence-corrected chi connectivity index (χ3v) is 11.7. The molecular weight excluding hydrogens is 765 g/mol. The zero-order valence-electron chi connectivity index (χ0n) is 34.3. The highest BCUT2D eigenvalue weighted by Crippen LogP contribution is 2.32. The molecule has 0 saturated heterocycles. The smallest absolute Gasteiger partial charge is 0.0999 e. The zero-order chi connectivity index (χ0) is 41.9. The molecule has 8 aromatic rings. The van der Waals surface area contributed by atoms with E-state index in [9.17, 15) is 20.4 Å². The Kier molecular flexibility index (Phi) is 12.0. The molecule has 8 rings (SSSR count). The normalized spacial score (nSPS) is 14.7. The fourth-order valence-electron chi connectivity index (χ4n) is 7.92. The molecule has 0 aromatic carbocycles. The number of fused-ring (bicyclic) bond motifs is 2. The van der Waals surface area contributed by atoms with Gasteiger partial charge in [0.05, 0.1) is 133 Å². The summed E-state index contributed by atoms with van der Waals surface area (Å²) in [6.07, 6.45) is 24.9. The Labute approximate surface area is 346 Å². The topological polar surface area (TPSA) is 213 Å². The van der Waals surface area contributed by atoms with E-state index in [0.29, 0.717) is 29.5 Å². The Bertz CT molecular complexity index is 2650. The Morgan fingerprint density at radius 1 is 0.533 bits per heavy atom. The first-order valence-electron chi connectivity index (χ1n) is 20.7. The second kappa shape index (κ2) is 17.6. The molecule has 0 spiro atoms. The number of aromatic nitrogens is 14. The van der Waals surface area contributed by atoms with Gasteiger partial charge in [0.15, 0.2) is 0 Å². The van der Waals surface area contributed by atoms with Gasteiger partial charge in [0.2, 0.25) is 0 Å². The first-order valence-corrected chi connectivity index (χ1v) is 20.7. The van der Waals surface area contributed by atoms with Gasteiger partial charge in [-0.1, -0.05) is 20.8 Å². The average molecular weight is 817 g/mol. The number of aliphatic hydroxyl groups is 4. The Balaban J connectivity index is 0.985. The van der Waals surface area contributed by atoms with Crippen LogP contribution in [0, 0.1) is 0 Å². The van der Waals surface area contributed by atoms with Gasteiger partial charge in [-0.25, -0.2) is 19.0 Å². The van der Waals surface area contributed by atoms with Crippen LogP contribution in [0.1, 0.15) is 90.4 Å². The molecule has 4 N–H and O–H groups in total. The van der Waals surface area contributed by atoms with E-state index in [2.05, 4.69) is 46.3 Å². The molecule has 1 unspecified atom stereocenters. The van der Waals surface area contributed by atoms with Crippen molar-refractivity contribution in [1.82, 2.24) is 68.3 Å². The molecule has 8 heterocycles. The first-order chi connectivity index (χ1) is 29.2. The van der Waals surface area contributed by atoms with Crippen molar-refractivity contribution in [3.05, 3.63) is 86.5 Å². The maximum absolute atomic E-state index is 11.0. The number of nitrogens with zero attached hydrogens (tertiary/aromatic N) is 14. The SMILES string of the molecule is CCC(CC)n1cc(-c2nc(-c3cnn([C@H](CCCC(CC)n4cc(-c5nc(-c6cnn([C@@H](C)[C@@H](O)CO)c6)cn6nccc56)cn4)[C@H](O)CO)c3)cn3nccc23)cn1. The molecule has 0 radical (unpaired) electrons. The Hall–Kier alpha value is -6.08. The fourth-order valence-corrected chi connectivity index (χ4v) is 7.92. The summed E-state index contributed by atoms with van der Waals surface area (Å²) in [6.45, 7) is 7.47. The van der Waals surface area contributed by atoms with Crippen molar-refractivity contribution in [2.24, 2.45) is 0 Å². The summed E-state index contributed by atoms with van der Waals surface area (Å²) in [7, 11) is 0. The van der Waals surface area contributed by atoms with Gasteiger partial charge in [0.25, 0.3) is 0 Å². The molecule has 8 aromatic heterocycles. The van der Waals surface area contributed by atoms with E-state index in [1.54, 1.807) is 51.8 Å². The van der Waals surface area contributed by atoms with Crippen molar-refractivity contribution in [2.75, 3.05) is 13.2 Å². The Morgan fingerprint density at radius 2 is 1.00 bits per heavy atom. The van der Waals surface area contributed by atoms with Gasteiger partial charge >= 0.3 is 0 Å². The summed E-state index contributed by atoms with van der Waals surface area (Å²) in [6, 6.07) is 3.33. The van der Waals surface area contributed by atoms with Crippen LogP contribution in [-0.2, 0) is 0 Å². The van der Waals surface area contributed by atoms with Gasteiger partial charge in [0.1, 0.15) is 0 Å². The number of rotatable bonds is 19. The van der Waals surface area contributed by atoms with Crippen molar-refractivity contribution in [1.29, 1.82) is 0 Å². The second-order valence-corrected chi connectivity index (χ2v) is 15.4.